The molecule has 0 aliphatic heterocycles. The van der Waals surface area contributed by atoms with Crippen molar-refractivity contribution in [2.24, 2.45) is 11.8 Å². The molecule has 2 heterocycles. The van der Waals surface area contributed by atoms with Gasteiger partial charge in [-0.05, 0) is 55.4 Å². The fourth-order valence-corrected chi connectivity index (χ4v) is 4.59. The molecule has 2 aliphatic rings. The Bertz CT molecular complexity index is 1100. The van der Waals surface area contributed by atoms with Gasteiger partial charge in [0.1, 0.15) is 5.69 Å². The number of benzene rings is 1. The summed E-state index contributed by atoms with van der Waals surface area (Å²) in [6.07, 6.45) is 5.76. The Hall–Kier alpha value is -2.96. The van der Waals surface area contributed by atoms with Gasteiger partial charge in [-0.2, -0.15) is 5.10 Å². The van der Waals surface area contributed by atoms with E-state index in [1.165, 1.54) is 12.8 Å². The molecule has 2 fully saturated rings. The first-order chi connectivity index (χ1) is 15.0. The Kier molecular flexibility index (Phi) is 5.12. The van der Waals surface area contributed by atoms with Crippen LogP contribution in [-0.4, -0.2) is 31.9 Å². The van der Waals surface area contributed by atoms with Crippen LogP contribution in [0.1, 0.15) is 73.8 Å². The monoisotopic (exact) mass is 419 g/mol. The molecule has 3 atom stereocenters. The zero-order valence-electron chi connectivity index (χ0n) is 18.3. The van der Waals surface area contributed by atoms with Crippen molar-refractivity contribution < 1.29 is 9.21 Å². The van der Waals surface area contributed by atoms with E-state index in [2.05, 4.69) is 29.4 Å². The summed E-state index contributed by atoms with van der Waals surface area (Å²) < 4.78 is 7.50. The average Bonchev–Trinajstić information content (AvgIpc) is 3.37. The number of carbonyl (C=O) groups excluding carboxylic acids is 1. The van der Waals surface area contributed by atoms with Gasteiger partial charge in [0.25, 0.3) is 11.8 Å². The minimum Gasteiger partial charge on any atom is -0.420 e. The highest BCUT2D eigenvalue weighted by atomic mass is 16.4. The van der Waals surface area contributed by atoms with Crippen LogP contribution in [0.3, 0.4) is 0 Å². The van der Waals surface area contributed by atoms with Crippen molar-refractivity contribution in [3.8, 4) is 17.3 Å². The number of hydrogen-bond donors (Lipinski definition) is 1. The highest BCUT2D eigenvalue weighted by molar-refractivity contribution is 5.95. The summed E-state index contributed by atoms with van der Waals surface area (Å²) in [5.74, 6) is 2.54. The predicted molar refractivity (Wildman–Crippen MR) is 117 cm³/mol. The molecule has 5 rings (SSSR count). The third kappa shape index (κ3) is 4.01. The minimum atomic E-state index is -0.0133. The molecule has 3 unspecified atom stereocenters. The lowest BCUT2D eigenvalue weighted by Crippen LogP contribution is -2.43. The van der Waals surface area contributed by atoms with Crippen LogP contribution in [-0.2, 0) is 0 Å². The lowest BCUT2D eigenvalue weighted by Gasteiger charge is -2.34. The van der Waals surface area contributed by atoms with Crippen molar-refractivity contribution in [1.82, 2.24) is 25.3 Å². The SMILES string of the molecule is Cc1nnc(-c2cc(C3CC3)n(-c3cccc(C(=O)NC4CCCC(C)C4C)c3)n2)o1. The van der Waals surface area contributed by atoms with E-state index in [0.717, 1.165) is 30.6 Å². The quantitative estimate of drug-likeness (QED) is 0.650. The zero-order valence-corrected chi connectivity index (χ0v) is 18.3. The van der Waals surface area contributed by atoms with Gasteiger partial charge in [0.05, 0.1) is 5.69 Å². The second-order valence-corrected chi connectivity index (χ2v) is 9.16. The second kappa shape index (κ2) is 7.94. The van der Waals surface area contributed by atoms with Crippen molar-refractivity contribution in [3.05, 3.63) is 47.5 Å². The van der Waals surface area contributed by atoms with Crippen LogP contribution in [0.15, 0.2) is 34.7 Å². The largest absolute Gasteiger partial charge is 0.420 e. The molecule has 0 radical (unpaired) electrons. The number of hydrogen-bond acceptors (Lipinski definition) is 5. The third-order valence-corrected chi connectivity index (χ3v) is 6.85. The first kappa shape index (κ1) is 20.0. The van der Waals surface area contributed by atoms with Crippen LogP contribution in [0.25, 0.3) is 17.3 Å². The van der Waals surface area contributed by atoms with Gasteiger partial charge in [-0.1, -0.05) is 32.8 Å². The molecule has 7 nitrogen and oxygen atoms in total. The molecular formula is C24H29N5O2. The van der Waals surface area contributed by atoms with Crippen molar-refractivity contribution in [2.45, 2.75) is 64.8 Å². The Labute approximate surface area is 182 Å². The van der Waals surface area contributed by atoms with Crippen LogP contribution >= 0.6 is 0 Å². The number of rotatable bonds is 5. The average molecular weight is 420 g/mol. The van der Waals surface area contributed by atoms with Crippen molar-refractivity contribution in [2.75, 3.05) is 0 Å². The molecule has 3 aromatic rings. The number of carbonyl (C=O) groups is 1. The highest BCUT2D eigenvalue weighted by Gasteiger charge is 2.31. The van der Waals surface area contributed by atoms with Crippen LogP contribution in [0.2, 0.25) is 0 Å². The maximum atomic E-state index is 13.0. The molecule has 2 aliphatic carbocycles. The number of nitrogens with one attached hydrogen (secondary N) is 1. The van der Waals surface area contributed by atoms with Crippen LogP contribution in [0.4, 0.5) is 0 Å². The maximum absolute atomic E-state index is 13.0. The molecule has 1 N–H and O–H groups in total. The van der Waals surface area contributed by atoms with E-state index < -0.39 is 0 Å². The maximum Gasteiger partial charge on any atom is 0.268 e. The molecular weight excluding hydrogens is 390 g/mol. The zero-order chi connectivity index (χ0) is 21.5. The lowest BCUT2D eigenvalue weighted by molar-refractivity contribution is 0.0891. The van der Waals surface area contributed by atoms with Crippen LogP contribution < -0.4 is 5.32 Å². The molecule has 2 saturated carbocycles. The highest BCUT2D eigenvalue weighted by Crippen LogP contribution is 2.42. The molecule has 1 amide bonds. The first-order valence-electron chi connectivity index (χ1n) is 11.3. The van der Waals surface area contributed by atoms with E-state index in [1.54, 1.807) is 6.92 Å². The van der Waals surface area contributed by atoms with Gasteiger partial charge < -0.3 is 9.73 Å². The van der Waals surface area contributed by atoms with Crippen LogP contribution in [0.5, 0.6) is 0 Å². The number of amides is 1. The predicted octanol–water partition coefficient (Wildman–Crippen LogP) is 4.66. The minimum absolute atomic E-state index is 0.0133. The molecule has 162 valence electrons. The van der Waals surface area contributed by atoms with E-state index in [1.807, 2.05) is 35.0 Å². The molecule has 7 heteroatoms. The van der Waals surface area contributed by atoms with Crippen LogP contribution in [0, 0.1) is 18.8 Å². The second-order valence-electron chi connectivity index (χ2n) is 9.16. The van der Waals surface area contributed by atoms with E-state index >= 15 is 0 Å². The third-order valence-electron chi connectivity index (χ3n) is 6.85. The van der Waals surface area contributed by atoms with Gasteiger partial charge in [0.2, 0.25) is 5.89 Å². The molecule has 0 spiro atoms. The van der Waals surface area contributed by atoms with Gasteiger partial charge in [0, 0.05) is 30.1 Å². The summed E-state index contributed by atoms with van der Waals surface area (Å²) in [5.41, 5.74) is 3.33. The molecule has 0 bridgehead atoms. The van der Waals surface area contributed by atoms with E-state index in [0.29, 0.717) is 40.8 Å². The Morgan fingerprint density at radius 1 is 1.13 bits per heavy atom. The summed E-state index contributed by atoms with van der Waals surface area (Å²) in [6, 6.07) is 9.98. The van der Waals surface area contributed by atoms with Gasteiger partial charge in [-0.15, -0.1) is 10.2 Å². The van der Waals surface area contributed by atoms with Gasteiger partial charge in [0.15, 0.2) is 0 Å². The van der Waals surface area contributed by atoms with E-state index in [9.17, 15) is 4.79 Å². The molecule has 2 aromatic heterocycles. The molecule has 31 heavy (non-hydrogen) atoms. The Morgan fingerprint density at radius 3 is 2.71 bits per heavy atom. The standard InChI is InChI=1S/C24H29N5O2/c1-14-6-4-9-20(15(14)2)25-23(30)18-7-5-8-19(12-18)29-22(17-10-11-17)13-21(28-29)24-27-26-16(3)31-24/h5,7-8,12-15,17,20H,4,6,9-11H2,1-3H3,(H,25,30). The van der Waals surface area contributed by atoms with Gasteiger partial charge >= 0.3 is 0 Å². The lowest BCUT2D eigenvalue weighted by atomic mass is 9.78. The summed E-state index contributed by atoms with van der Waals surface area (Å²) in [6.45, 7) is 6.30. The molecule has 1 aromatic carbocycles. The number of aryl methyl sites for hydroxylation is 1. The summed E-state index contributed by atoms with van der Waals surface area (Å²) in [4.78, 5) is 13.0. The van der Waals surface area contributed by atoms with Crippen molar-refractivity contribution in [1.29, 1.82) is 0 Å². The summed E-state index contributed by atoms with van der Waals surface area (Å²) in [5, 5.41) is 16.1. The van der Waals surface area contributed by atoms with E-state index in [-0.39, 0.29) is 11.9 Å². The fraction of sp³-hybridized carbons (Fsp3) is 0.500. The summed E-state index contributed by atoms with van der Waals surface area (Å²) >= 11 is 0. The Morgan fingerprint density at radius 2 is 1.97 bits per heavy atom. The van der Waals surface area contributed by atoms with Crippen molar-refractivity contribution in [3.63, 3.8) is 0 Å². The number of aromatic nitrogens is 4. The summed E-state index contributed by atoms with van der Waals surface area (Å²) in [7, 11) is 0. The van der Waals surface area contributed by atoms with Gasteiger partial charge in [-0.25, -0.2) is 4.68 Å². The number of nitrogens with zero attached hydrogens (tertiary/aromatic N) is 4. The first-order valence-corrected chi connectivity index (χ1v) is 11.3. The Balaban J connectivity index is 1.42. The van der Waals surface area contributed by atoms with E-state index in [4.69, 9.17) is 9.52 Å². The smallest absolute Gasteiger partial charge is 0.268 e. The topological polar surface area (TPSA) is 85.8 Å². The van der Waals surface area contributed by atoms with Gasteiger partial charge in [-0.3, -0.25) is 4.79 Å². The fourth-order valence-electron chi connectivity index (χ4n) is 4.59. The normalized spacial score (nSPS) is 23.6. The molecule has 0 saturated heterocycles. The van der Waals surface area contributed by atoms with Crippen molar-refractivity contribution >= 4 is 5.91 Å².